The van der Waals surface area contributed by atoms with E-state index in [-0.39, 0.29) is 23.8 Å². The number of hydrogen-bond donors (Lipinski definition) is 1. The lowest BCUT2D eigenvalue weighted by molar-refractivity contribution is -0.140. The summed E-state index contributed by atoms with van der Waals surface area (Å²) < 4.78 is 6.06. The number of carbonyl (C=O) groups is 2. The highest BCUT2D eigenvalue weighted by Crippen LogP contribution is 2.30. The summed E-state index contributed by atoms with van der Waals surface area (Å²) in [7, 11) is 3.99. The summed E-state index contributed by atoms with van der Waals surface area (Å²) in [5, 5.41) is 3.06. The Morgan fingerprint density at radius 3 is 2.52 bits per heavy atom. The van der Waals surface area contributed by atoms with Gasteiger partial charge >= 0.3 is 0 Å². The number of amides is 2. The Morgan fingerprint density at radius 2 is 1.81 bits per heavy atom. The van der Waals surface area contributed by atoms with Gasteiger partial charge in [0.15, 0.2) is 0 Å². The lowest BCUT2D eigenvalue weighted by Crippen LogP contribution is -2.55. The Bertz CT molecular complexity index is 911. The van der Waals surface area contributed by atoms with E-state index in [0.29, 0.717) is 26.1 Å². The standard InChI is InChI=1S/C25H31N3O3/c1-27(2)16-21-17-31-23-11-7-6-10-20(23)15-28(21)25(30)22(26-24(29)19-12-13-19)14-18-8-4-3-5-9-18/h3-11,19,21-22H,12-17H2,1-2H3,(H,26,29)/t21-,22+/m0/s1. The molecule has 0 saturated heterocycles. The number of carbonyl (C=O) groups excluding carboxylic acids is 2. The zero-order chi connectivity index (χ0) is 21.8. The summed E-state index contributed by atoms with van der Waals surface area (Å²) in [6.07, 6.45) is 2.30. The molecule has 2 aromatic rings. The van der Waals surface area contributed by atoms with E-state index in [1.807, 2.05) is 73.6 Å². The Labute approximate surface area is 184 Å². The minimum Gasteiger partial charge on any atom is -0.491 e. The second-order valence-electron chi connectivity index (χ2n) is 8.83. The molecule has 0 aromatic heterocycles. The minimum absolute atomic E-state index is 0.00934. The summed E-state index contributed by atoms with van der Waals surface area (Å²) in [6, 6.07) is 17.1. The molecule has 2 atom stereocenters. The maximum Gasteiger partial charge on any atom is 0.246 e. The van der Waals surface area contributed by atoms with Gasteiger partial charge in [-0.1, -0.05) is 48.5 Å². The molecule has 1 aliphatic heterocycles. The molecule has 6 nitrogen and oxygen atoms in total. The first kappa shape index (κ1) is 21.4. The van der Waals surface area contributed by atoms with Crippen molar-refractivity contribution in [1.82, 2.24) is 15.1 Å². The fraction of sp³-hybridized carbons (Fsp3) is 0.440. The maximum absolute atomic E-state index is 13.9. The molecular weight excluding hydrogens is 390 g/mol. The number of likely N-dealkylation sites (N-methyl/N-ethyl adjacent to an activating group) is 1. The van der Waals surface area contributed by atoms with Crippen LogP contribution in [0.2, 0.25) is 0 Å². The average Bonchev–Trinajstić information content (AvgIpc) is 3.61. The number of nitrogens with one attached hydrogen (secondary N) is 1. The van der Waals surface area contributed by atoms with Crippen LogP contribution < -0.4 is 10.1 Å². The van der Waals surface area contributed by atoms with E-state index in [0.717, 1.165) is 29.7 Å². The maximum atomic E-state index is 13.9. The second-order valence-corrected chi connectivity index (χ2v) is 8.83. The van der Waals surface area contributed by atoms with Crippen molar-refractivity contribution in [3.8, 4) is 5.75 Å². The molecule has 1 heterocycles. The summed E-state index contributed by atoms with van der Waals surface area (Å²) in [5.74, 6) is 0.815. The first-order chi connectivity index (χ1) is 15.0. The van der Waals surface area contributed by atoms with Crippen molar-refractivity contribution < 1.29 is 14.3 Å². The average molecular weight is 422 g/mol. The van der Waals surface area contributed by atoms with Crippen LogP contribution in [0.25, 0.3) is 0 Å². The smallest absolute Gasteiger partial charge is 0.246 e. The molecule has 0 unspecified atom stereocenters. The Balaban J connectivity index is 1.61. The predicted octanol–water partition coefficient (Wildman–Crippen LogP) is 2.48. The molecular formula is C25H31N3O3. The van der Waals surface area contributed by atoms with Gasteiger partial charge < -0.3 is 19.9 Å². The quantitative estimate of drug-likeness (QED) is 0.746. The Hall–Kier alpha value is -2.86. The molecule has 4 rings (SSSR count). The first-order valence-electron chi connectivity index (χ1n) is 11.0. The number of ether oxygens (including phenoxy) is 1. The number of rotatable bonds is 7. The van der Waals surface area contributed by atoms with Crippen molar-refractivity contribution in [2.75, 3.05) is 27.2 Å². The summed E-state index contributed by atoms with van der Waals surface area (Å²) in [5.41, 5.74) is 2.02. The highest BCUT2D eigenvalue weighted by molar-refractivity contribution is 5.90. The fourth-order valence-corrected chi connectivity index (χ4v) is 4.08. The van der Waals surface area contributed by atoms with Crippen LogP contribution >= 0.6 is 0 Å². The predicted molar refractivity (Wildman–Crippen MR) is 120 cm³/mol. The molecule has 31 heavy (non-hydrogen) atoms. The molecule has 164 valence electrons. The summed E-state index contributed by atoms with van der Waals surface area (Å²) >= 11 is 0. The van der Waals surface area contributed by atoms with Gasteiger partial charge in [0.05, 0.1) is 6.04 Å². The van der Waals surface area contributed by atoms with E-state index in [4.69, 9.17) is 4.74 Å². The van der Waals surface area contributed by atoms with E-state index < -0.39 is 6.04 Å². The van der Waals surface area contributed by atoms with E-state index in [1.54, 1.807) is 0 Å². The van der Waals surface area contributed by atoms with Gasteiger partial charge in [-0.3, -0.25) is 9.59 Å². The molecule has 2 aromatic carbocycles. The Morgan fingerprint density at radius 1 is 1.10 bits per heavy atom. The van der Waals surface area contributed by atoms with E-state index >= 15 is 0 Å². The third kappa shape index (κ3) is 5.44. The van der Waals surface area contributed by atoms with E-state index in [9.17, 15) is 9.59 Å². The van der Waals surface area contributed by atoms with Crippen molar-refractivity contribution in [3.63, 3.8) is 0 Å². The van der Waals surface area contributed by atoms with Crippen molar-refractivity contribution in [1.29, 1.82) is 0 Å². The first-order valence-corrected chi connectivity index (χ1v) is 11.0. The van der Waals surface area contributed by atoms with Crippen LogP contribution in [-0.4, -0.2) is 60.9 Å². The van der Waals surface area contributed by atoms with Gasteiger partial charge in [-0.25, -0.2) is 0 Å². The third-order valence-corrected chi connectivity index (χ3v) is 5.89. The summed E-state index contributed by atoms with van der Waals surface area (Å²) in [6.45, 7) is 1.59. The zero-order valence-electron chi connectivity index (χ0n) is 18.3. The molecule has 2 amide bonds. The number of nitrogens with zero attached hydrogens (tertiary/aromatic N) is 2. The third-order valence-electron chi connectivity index (χ3n) is 5.89. The van der Waals surface area contributed by atoms with Crippen molar-refractivity contribution in [2.24, 2.45) is 5.92 Å². The van der Waals surface area contributed by atoms with E-state index in [2.05, 4.69) is 10.2 Å². The van der Waals surface area contributed by atoms with Gasteiger partial charge in [-0.15, -0.1) is 0 Å². The van der Waals surface area contributed by atoms with Gasteiger partial charge in [0.1, 0.15) is 18.4 Å². The van der Waals surface area contributed by atoms with Gasteiger partial charge in [-0.2, -0.15) is 0 Å². The van der Waals surface area contributed by atoms with Crippen LogP contribution in [0, 0.1) is 5.92 Å². The number of benzene rings is 2. The lowest BCUT2D eigenvalue weighted by atomic mass is 10.0. The molecule has 6 heteroatoms. The monoisotopic (exact) mass is 421 g/mol. The van der Waals surface area contributed by atoms with Crippen LogP contribution in [0.5, 0.6) is 5.75 Å². The van der Waals surface area contributed by atoms with E-state index in [1.165, 1.54) is 0 Å². The molecule has 0 radical (unpaired) electrons. The zero-order valence-corrected chi connectivity index (χ0v) is 18.3. The number of fused-ring (bicyclic) bond motifs is 1. The van der Waals surface area contributed by atoms with Crippen molar-refractivity contribution >= 4 is 11.8 Å². The highest BCUT2D eigenvalue weighted by Gasteiger charge is 2.37. The molecule has 0 spiro atoms. The molecule has 1 fully saturated rings. The fourth-order valence-electron chi connectivity index (χ4n) is 4.08. The molecule has 2 aliphatic rings. The number of hydrogen-bond acceptors (Lipinski definition) is 4. The van der Waals surface area contributed by atoms with Gasteiger partial charge in [0, 0.05) is 31.0 Å². The van der Waals surface area contributed by atoms with Gasteiger partial charge in [0.25, 0.3) is 0 Å². The topological polar surface area (TPSA) is 61.9 Å². The van der Waals surface area contributed by atoms with Crippen LogP contribution in [0.4, 0.5) is 0 Å². The molecule has 1 N–H and O–H groups in total. The van der Waals surface area contributed by atoms with Crippen molar-refractivity contribution in [3.05, 3.63) is 65.7 Å². The van der Waals surface area contributed by atoms with Gasteiger partial charge in [0.2, 0.25) is 11.8 Å². The molecule has 1 aliphatic carbocycles. The summed E-state index contributed by atoms with van der Waals surface area (Å²) in [4.78, 5) is 30.4. The number of para-hydroxylation sites is 1. The Kier molecular flexibility index (Phi) is 6.56. The second kappa shape index (κ2) is 9.52. The highest BCUT2D eigenvalue weighted by atomic mass is 16.5. The lowest BCUT2D eigenvalue weighted by Gasteiger charge is -2.34. The largest absolute Gasteiger partial charge is 0.491 e. The molecule has 1 saturated carbocycles. The van der Waals surface area contributed by atoms with Gasteiger partial charge in [-0.05, 0) is 38.6 Å². The van der Waals surface area contributed by atoms with Crippen LogP contribution in [-0.2, 0) is 22.6 Å². The van der Waals surface area contributed by atoms with Crippen LogP contribution in [0.15, 0.2) is 54.6 Å². The van der Waals surface area contributed by atoms with Crippen LogP contribution in [0.1, 0.15) is 24.0 Å². The van der Waals surface area contributed by atoms with Crippen molar-refractivity contribution in [2.45, 2.75) is 37.9 Å². The normalized spacial score (nSPS) is 19.2. The SMILES string of the molecule is CN(C)C[C@H]1COc2ccccc2CN1C(=O)[C@@H](Cc1ccccc1)NC(=O)C1CC1. The molecule has 0 bridgehead atoms. The minimum atomic E-state index is -0.592. The van der Waals surface area contributed by atoms with Crippen LogP contribution in [0.3, 0.4) is 0 Å².